The monoisotopic (exact) mass is 491 g/mol. The second-order valence-corrected chi connectivity index (χ2v) is 9.67. The van der Waals surface area contributed by atoms with Crippen molar-refractivity contribution in [3.8, 4) is 0 Å². The Kier molecular flexibility index (Phi) is 7.93. The van der Waals surface area contributed by atoms with Gasteiger partial charge in [0.2, 0.25) is 15.9 Å². The summed E-state index contributed by atoms with van der Waals surface area (Å²) in [6, 6.07) is 15.3. The standard InChI is InChI=1S/C24H24F3N3O3S/c1-34(32,33)30(22-5-2-4-20(17-22)24(25,26)27)15-3-6-23(31)29-21-9-7-18(8-10-21)16-19-11-13-28-14-12-19/h2,4-5,7-14,17H,3,6,15-16H2,1H3,(H,29,31). The fourth-order valence-corrected chi connectivity index (χ4v) is 4.33. The van der Waals surface area contributed by atoms with Gasteiger partial charge in [-0.1, -0.05) is 18.2 Å². The molecular weight excluding hydrogens is 467 g/mol. The van der Waals surface area contributed by atoms with Gasteiger partial charge in [-0.3, -0.25) is 14.1 Å². The maximum absolute atomic E-state index is 13.0. The molecule has 0 atom stereocenters. The molecule has 1 N–H and O–H groups in total. The predicted molar refractivity (Wildman–Crippen MR) is 125 cm³/mol. The number of carbonyl (C=O) groups is 1. The molecule has 0 aliphatic heterocycles. The summed E-state index contributed by atoms with van der Waals surface area (Å²) in [5.74, 6) is -0.320. The number of pyridine rings is 1. The number of nitrogens with one attached hydrogen (secondary N) is 1. The Morgan fingerprint density at radius 1 is 1.00 bits per heavy atom. The Morgan fingerprint density at radius 3 is 2.26 bits per heavy atom. The lowest BCUT2D eigenvalue weighted by Crippen LogP contribution is -2.31. The van der Waals surface area contributed by atoms with Gasteiger partial charge in [0, 0.05) is 31.0 Å². The van der Waals surface area contributed by atoms with Gasteiger partial charge in [0.25, 0.3) is 0 Å². The summed E-state index contributed by atoms with van der Waals surface area (Å²) >= 11 is 0. The zero-order valence-electron chi connectivity index (χ0n) is 18.4. The van der Waals surface area contributed by atoms with E-state index in [1.54, 1.807) is 24.5 Å². The van der Waals surface area contributed by atoms with E-state index in [2.05, 4.69) is 10.3 Å². The first-order valence-corrected chi connectivity index (χ1v) is 12.3. The summed E-state index contributed by atoms with van der Waals surface area (Å²) in [6.45, 7) is -0.127. The molecule has 10 heteroatoms. The molecule has 3 rings (SSSR count). The lowest BCUT2D eigenvalue weighted by molar-refractivity contribution is -0.137. The fraction of sp³-hybridized carbons (Fsp3) is 0.250. The minimum absolute atomic E-state index is 0.00372. The fourth-order valence-electron chi connectivity index (χ4n) is 3.37. The SMILES string of the molecule is CS(=O)(=O)N(CCCC(=O)Nc1ccc(Cc2ccncc2)cc1)c1cccc(C(F)(F)F)c1. The van der Waals surface area contributed by atoms with Crippen LogP contribution in [0.4, 0.5) is 24.5 Å². The highest BCUT2D eigenvalue weighted by atomic mass is 32.2. The molecule has 0 bridgehead atoms. The number of anilines is 2. The van der Waals surface area contributed by atoms with Gasteiger partial charge in [-0.15, -0.1) is 0 Å². The van der Waals surface area contributed by atoms with Crippen LogP contribution < -0.4 is 9.62 Å². The van der Waals surface area contributed by atoms with E-state index in [0.717, 1.165) is 46.3 Å². The molecule has 0 saturated heterocycles. The summed E-state index contributed by atoms with van der Waals surface area (Å²) in [6.07, 6.45) is 0.643. The average molecular weight is 492 g/mol. The van der Waals surface area contributed by atoms with Crippen molar-refractivity contribution in [2.24, 2.45) is 0 Å². The van der Waals surface area contributed by atoms with E-state index in [1.807, 2.05) is 24.3 Å². The van der Waals surface area contributed by atoms with Crippen LogP contribution in [0.1, 0.15) is 29.5 Å². The van der Waals surface area contributed by atoms with Crippen molar-refractivity contribution in [2.75, 3.05) is 22.4 Å². The Hall–Kier alpha value is -3.40. The summed E-state index contributed by atoms with van der Waals surface area (Å²) in [7, 11) is -3.84. The number of hydrogen-bond acceptors (Lipinski definition) is 4. The first-order valence-electron chi connectivity index (χ1n) is 10.4. The molecule has 0 aliphatic carbocycles. The molecule has 0 fully saturated rings. The normalized spacial score (nSPS) is 11.8. The Bertz CT molecular complexity index is 1220. The highest BCUT2D eigenvalue weighted by Gasteiger charge is 2.31. The largest absolute Gasteiger partial charge is 0.416 e. The molecule has 6 nitrogen and oxygen atoms in total. The Morgan fingerprint density at radius 2 is 1.65 bits per heavy atom. The smallest absolute Gasteiger partial charge is 0.326 e. The minimum atomic E-state index is -4.59. The molecular formula is C24H24F3N3O3S. The first-order chi connectivity index (χ1) is 16.0. The van der Waals surface area contributed by atoms with E-state index in [-0.39, 0.29) is 31.0 Å². The molecule has 1 aromatic heterocycles. The molecule has 0 saturated carbocycles. The van der Waals surface area contributed by atoms with Crippen LogP contribution in [0.3, 0.4) is 0 Å². The van der Waals surface area contributed by atoms with Crippen LogP contribution in [0.25, 0.3) is 0 Å². The highest BCUT2D eigenvalue weighted by Crippen LogP contribution is 2.32. The molecule has 180 valence electrons. The van der Waals surface area contributed by atoms with Gasteiger partial charge in [-0.05, 0) is 66.4 Å². The number of amides is 1. The molecule has 2 aromatic carbocycles. The van der Waals surface area contributed by atoms with Gasteiger partial charge in [0.15, 0.2) is 0 Å². The summed E-state index contributed by atoms with van der Waals surface area (Å²) in [5.41, 5.74) is 1.74. The van der Waals surface area contributed by atoms with Crippen LogP contribution in [-0.2, 0) is 27.4 Å². The third-order valence-corrected chi connectivity index (χ3v) is 6.22. The Balaban J connectivity index is 1.56. The molecule has 34 heavy (non-hydrogen) atoms. The van der Waals surface area contributed by atoms with Gasteiger partial charge < -0.3 is 5.32 Å². The van der Waals surface area contributed by atoms with Gasteiger partial charge in [0.05, 0.1) is 17.5 Å². The molecule has 0 unspecified atom stereocenters. The van der Waals surface area contributed by atoms with Gasteiger partial charge >= 0.3 is 6.18 Å². The predicted octanol–water partition coefficient (Wildman–Crippen LogP) is 4.88. The summed E-state index contributed by atoms with van der Waals surface area (Å²) in [4.78, 5) is 16.3. The van der Waals surface area contributed by atoms with E-state index >= 15 is 0 Å². The second-order valence-electron chi connectivity index (χ2n) is 7.76. The lowest BCUT2D eigenvalue weighted by Gasteiger charge is -2.23. The van der Waals surface area contributed by atoms with E-state index in [1.165, 1.54) is 6.07 Å². The Labute approximate surface area is 196 Å². The number of halogens is 3. The van der Waals surface area contributed by atoms with Crippen LogP contribution in [-0.4, -0.2) is 32.1 Å². The molecule has 1 amide bonds. The zero-order valence-corrected chi connectivity index (χ0v) is 19.2. The van der Waals surface area contributed by atoms with Gasteiger partial charge in [-0.25, -0.2) is 8.42 Å². The maximum atomic E-state index is 13.0. The molecule has 0 aliphatic rings. The third-order valence-electron chi connectivity index (χ3n) is 5.02. The minimum Gasteiger partial charge on any atom is -0.326 e. The van der Waals surface area contributed by atoms with Crippen molar-refractivity contribution >= 4 is 27.3 Å². The summed E-state index contributed by atoms with van der Waals surface area (Å²) in [5, 5.41) is 2.75. The van der Waals surface area contributed by atoms with E-state index in [4.69, 9.17) is 0 Å². The number of benzene rings is 2. The van der Waals surface area contributed by atoms with Crippen LogP contribution >= 0.6 is 0 Å². The number of hydrogen-bond donors (Lipinski definition) is 1. The van der Waals surface area contributed by atoms with Crippen LogP contribution in [0, 0.1) is 0 Å². The number of rotatable bonds is 9. The molecule has 3 aromatic rings. The number of aromatic nitrogens is 1. The number of carbonyl (C=O) groups excluding carboxylic acids is 1. The quantitative estimate of drug-likeness (QED) is 0.463. The van der Waals surface area contributed by atoms with Crippen LogP contribution in [0.15, 0.2) is 73.1 Å². The zero-order chi connectivity index (χ0) is 24.8. The van der Waals surface area contributed by atoms with Crippen molar-refractivity contribution in [3.63, 3.8) is 0 Å². The third kappa shape index (κ3) is 7.31. The molecule has 0 radical (unpaired) electrons. The van der Waals surface area contributed by atoms with Crippen molar-refractivity contribution < 1.29 is 26.4 Å². The van der Waals surface area contributed by atoms with Crippen molar-refractivity contribution in [1.82, 2.24) is 4.98 Å². The number of alkyl halides is 3. The van der Waals surface area contributed by atoms with Crippen LogP contribution in [0.5, 0.6) is 0 Å². The van der Waals surface area contributed by atoms with Crippen molar-refractivity contribution in [3.05, 3.63) is 89.7 Å². The molecule has 0 spiro atoms. The topological polar surface area (TPSA) is 79.4 Å². The summed E-state index contributed by atoms with van der Waals surface area (Å²) < 4.78 is 64.2. The van der Waals surface area contributed by atoms with Crippen molar-refractivity contribution in [2.45, 2.75) is 25.4 Å². The maximum Gasteiger partial charge on any atom is 0.416 e. The van der Waals surface area contributed by atoms with Crippen molar-refractivity contribution in [1.29, 1.82) is 0 Å². The number of sulfonamides is 1. The second kappa shape index (κ2) is 10.7. The van der Waals surface area contributed by atoms with Gasteiger partial charge in [0.1, 0.15) is 0 Å². The van der Waals surface area contributed by atoms with Gasteiger partial charge in [-0.2, -0.15) is 13.2 Å². The van der Waals surface area contributed by atoms with Crippen LogP contribution in [0.2, 0.25) is 0 Å². The molecule has 1 heterocycles. The lowest BCUT2D eigenvalue weighted by atomic mass is 10.1. The first kappa shape index (κ1) is 25.2. The number of nitrogens with zero attached hydrogens (tertiary/aromatic N) is 2. The highest BCUT2D eigenvalue weighted by molar-refractivity contribution is 7.92. The average Bonchev–Trinajstić information content (AvgIpc) is 2.77. The van der Waals surface area contributed by atoms with E-state index in [9.17, 15) is 26.4 Å². The van der Waals surface area contributed by atoms with E-state index < -0.39 is 21.8 Å². The van der Waals surface area contributed by atoms with E-state index in [0.29, 0.717) is 5.69 Å².